The Labute approximate surface area is 113 Å². The highest BCUT2D eigenvalue weighted by Gasteiger charge is 2.25. The van der Waals surface area contributed by atoms with Gasteiger partial charge in [0.2, 0.25) is 0 Å². The van der Waals surface area contributed by atoms with Gasteiger partial charge in [0.15, 0.2) is 0 Å². The van der Waals surface area contributed by atoms with Crippen LogP contribution in [0.15, 0.2) is 18.3 Å². The van der Waals surface area contributed by atoms with Crippen LogP contribution in [0.1, 0.15) is 35.8 Å². The Kier molecular flexibility index (Phi) is 4.87. The fourth-order valence-corrected chi connectivity index (χ4v) is 2.33. The van der Waals surface area contributed by atoms with Crippen molar-refractivity contribution in [3.05, 3.63) is 29.6 Å². The number of nitrogens with zero attached hydrogens (tertiary/aromatic N) is 2. The highest BCUT2D eigenvalue weighted by atomic mass is 16.5. The van der Waals surface area contributed by atoms with Crippen molar-refractivity contribution in [3.8, 4) is 0 Å². The molecule has 0 aliphatic carbocycles. The van der Waals surface area contributed by atoms with Gasteiger partial charge in [0.1, 0.15) is 5.69 Å². The van der Waals surface area contributed by atoms with Gasteiger partial charge in [-0.1, -0.05) is 6.07 Å². The van der Waals surface area contributed by atoms with Crippen molar-refractivity contribution in [2.24, 2.45) is 5.73 Å². The Balaban J connectivity index is 2.01. The van der Waals surface area contributed by atoms with Gasteiger partial charge >= 0.3 is 0 Å². The first kappa shape index (κ1) is 14.0. The molecule has 1 unspecified atom stereocenters. The Morgan fingerprint density at radius 3 is 3.05 bits per heavy atom. The predicted molar refractivity (Wildman–Crippen MR) is 72.7 cm³/mol. The van der Waals surface area contributed by atoms with E-state index >= 15 is 0 Å². The zero-order valence-electron chi connectivity index (χ0n) is 11.3. The molecule has 1 aliphatic rings. The van der Waals surface area contributed by atoms with Crippen molar-refractivity contribution in [1.29, 1.82) is 0 Å². The molecular formula is C14H21N3O2. The smallest absolute Gasteiger partial charge is 0.272 e. The van der Waals surface area contributed by atoms with Crippen molar-refractivity contribution in [2.75, 3.05) is 19.7 Å². The highest BCUT2D eigenvalue weighted by Crippen LogP contribution is 2.15. The van der Waals surface area contributed by atoms with E-state index in [1.54, 1.807) is 12.3 Å². The standard InChI is InChI=1S/C14H21N3O2/c1-2-19-12-4-3-7-17(10-12)14(18)13-6-5-11(8-15)9-16-13/h5-6,9,12H,2-4,7-8,10,15H2,1H3. The van der Waals surface area contributed by atoms with E-state index in [1.165, 1.54) is 0 Å². The molecule has 2 rings (SSSR count). The first-order valence-corrected chi connectivity index (χ1v) is 6.80. The second kappa shape index (κ2) is 6.63. The Hall–Kier alpha value is -1.46. The van der Waals surface area contributed by atoms with E-state index in [0.29, 0.717) is 25.4 Å². The van der Waals surface area contributed by atoms with Crippen LogP contribution in [0.2, 0.25) is 0 Å². The SMILES string of the molecule is CCOC1CCCN(C(=O)c2ccc(CN)cn2)C1. The van der Waals surface area contributed by atoms with Gasteiger partial charge in [-0.2, -0.15) is 0 Å². The van der Waals surface area contributed by atoms with Crippen LogP contribution in [-0.4, -0.2) is 41.6 Å². The van der Waals surface area contributed by atoms with Crippen LogP contribution in [0.4, 0.5) is 0 Å². The van der Waals surface area contributed by atoms with E-state index in [2.05, 4.69) is 4.98 Å². The molecule has 1 aromatic rings. The zero-order chi connectivity index (χ0) is 13.7. The molecule has 2 heterocycles. The Bertz CT molecular complexity index is 417. The lowest BCUT2D eigenvalue weighted by Crippen LogP contribution is -2.43. The average Bonchev–Trinajstić information content (AvgIpc) is 2.47. The number of piperidine rings is 1. The minimum Gasteiger partial charge on any atom is -0.377 e. The summed E-state index contributed by atoms with van der Waals surface area (Å²) in [5.74, 6) is -0.0204. The van der Waals surface area contributed by atoms with Crippen LogP contribution in [0.5, 0.6) is 0 Å². The number of amides is 1. The number of ether oxygens (including phenoxy) is 1. The highest BCUT2D eigenvalue weighted by molar-refractivity contribution is 5.92. The molecule has 1 aliphatic heterocycles. The van der Waals surface area contributed by atoms with E-state index in [4.69, 9.17) is 10.5 Å². The summed E-state index contributed by atoms with van der Waals surface area (Å²) in [7, 11) is 0. The van der Waals surface area contributed by atoms with Gasteiger partial charge in [0.25, 0.3) is 5.91 Å². The number of carbonyl (C=O) groups excluding carboxylic acids is 1. The van der Waals surface area contributed by atoms with Crippen molar-refractivity contribution in [3.63, 3.8) is 0 Å². The zero-order valence-corrected chi connectivity index (χ0v) is 11.3. The van der Waals surface area contributed by atoms with Gasteiger partial charge in [0.05, 0.1) is 6.10 Å². The molecule has 0 aromatic carbocycles. The van der Waals surface area contributed by atoms with Gasteiger partial charge in [-0.3, -0.25) is 9.78 Å². The lowest BCUT2D eigenvalue weighted by Gasteiger charge is -2.32. The van der Waals surface area contributed by atoms with Gasteiger partial charge < -0.3 is 15.4 Å². The van der Waals surface area contributed by atoms with Crippen molar-refractivity contribution in [2.45, 2.75) is 32.4 Å². The van der Waals surface area contributed by atoms with Crippen molar-refractivity contribution >= 4 is 5.91 Å². The molecule has 19 heavy (non-hydrogen) atoms. The monoisotopic (exact) mass is 263 g/mol. The van der Waals surface area contributed by atoms with E-state index in [-0.39, 0.29) is 12.0 Å². The summed E-state index contributed by atoms with van der Waals surface area (Å²) in [6.07, 6.45) is 3.83. The van der Waals surface area contributed by atoms with Crippen LogP contribution < -0.4 is 5.73 Å². The number of likely N-dealkylation sites (tertiary alicyclic amines) is 1. The molecule has 1 fully saturated rings. The predicted octanol–water partition coefficient (Wildman–Crippen LogP) is 1.18. The summed E-state index contributed by atoms with van der Waals surface area (Å²) < 4.78 is 5.60. The number of nitrogens with two attached hydrogens (primary N) is 1. The van der Waals surface area contributed by atoms with Crippen LogP contribution in [0, 0.1) is 0 Å². The largest absolute Gasteiger partial charge is 0.377 e. The third-order valence-electron chi connectivity index (χ3n) is 3.35. The molecule has 1 aromatic heterocycles. The Morgan fingerprint density at radius 1 is 1.58 bits per heavy atom. The van der Waals surface area contributed by atoms with Crippen molar-refractivity contribution in [1.82, 2.24) is 9.88 Å². The summed E-state index contributed by atoms with van der Waals surface area (Å²) in [5, 5.41) is 0. The van der Waals surface area contributed by atoms with Crippen LogP contribution in [0.3, 0.4) is 0 Å². The van der Waals surface area contributed by atoms with E-state index in [1.807, 2.05) is 17.9 Å². The third kappa shape index (κ3) is 3.52. The van der Waals surface area contributed by atoms with Crippen LogP contribution in [-0.2, 0) is 11.3 Å². The minimum atomic E-state index is -0.0204. The van der Waals surface area contributed by atoms with Gasteiger partial charge in [-0.05, 0) is 31.4 Å². The molecule has 5 heteroatoms. The summed E-state index contributed by atoms with van der Waals surface area (Å²) in [6, 6.07) is 3.60. The van der Waals surface area contributed by atoms with Crippen molar-refractivity contribution < 1.29 is 9.53 Å². The Morgan fingerprint density at radius 2 is 2.42 bits per heavy atom. The summed E-state index contributed by atoms with van der Waals surface area (Å²) in [6.45, 7) is 4.55. The molecular weight excluding hydrogens is 242 g/mol. The molecule has 0 bridgehead atoms. The lowest BCUT2D eigenvalue weighted by atomic mass is 10.1. The molecule has 5 nitrogen and oxygen atoms in total. The molecule has 2 N–H and O–H groups in total. The quantitative estimate of drug-likeness (QED) is 0.885. The van der Waals surface area contributed by atoms with Gasteiger partial charge in [0, 0.05) is 32.4 Å². The normalized spacial score (nSPS) is 19.5. The topological polar surface area (TPSA) is 68.5 Å². The first-order chi connectivity index (χ1) is 9.24. The fourth-order valence-electron chi connectivity index (χ4n) is 2.33. The van der Waals surface area contributed by atoms with Gasteiger partial charge in [-0.25, -0.2) is 0 Å². The number of rotatable bonds is 4. The molecule has 0 spiro atoms. The molecule has 104 valence electrons. The van der Waals surface area contributed by atoms with Gasteiger partial charge in [-0.15, -0.1) is 0 Å². The molecule has 0 radical (unpaired) electrons. The number of aromatic nitrogens is 1. The number of hydrogen-bond acceptors (Lipinski definition) is 4. The summed E-state index contributed by atoms with van der Waals surface area (Å²) >= 11 is 0. The molecule has 0 saturated carbocycles. The van der Waals surface area contributed by atoms with Crippen LogP contribution >= 0.6 is 0 Å². The maximum Gasteiger partial charge on any atom is 0.272 e. The summed E-state index contributed by atoms with van der Waals surface area (Å²) in [4.78, 5) is 18.3. The van der Waals surface area contributed by atoms with E-state index in [9.17, 15) is 4.79 Å². The van der Waals surface area contributed by atoms with E-state index < -0.39 is 0 Å². The van der Waals surface area contributed by atoms with Crippen LogP contribution in [0.25, 0.3) is 0 Å². The first-order valence-electron chi connectivity index (χ1n) is 6.80. The molecule has 1 saturated heterocycles. The maximum absolute atomic E-state index is 12.3. The molecule has 1 atom stereocenters. The number of hydrogen-bond donors (Lipinski definition) is 1. The molecule has 1 amide bonds. The summed E-state index contributed by atoms with van der Waals surface area (Å²) in [5.41, 5.74) is 6.93. The minimum absolute atomic E-state index is 0.0204. The average molecular weight is 263 g/mol. The third-order valence-corrected chi connectivity index (χ3v) is 3.35. The fraction of sp³-hybridized carbons (Fsp3) is 0.571. The van der Waals surface area contributed by atoms with E-state index in [0.717, 1.165) is 24.9 Å². The second-order valence-corrected chi connectivity index (χ2v) is 4.73. The maximum atomic E-state index is 12.3. The number of carbonyl (C=O) groups is 1. The lowest BCUT2D eigenvalue weighted by molar-refractivity contribution is 0.00703. The second-order valence-electron chi connectivity index (χ2n) is 4.73. The number of pyridine rings is 1.